The van der Waals surface area contributed by atoms with Crippen LogP contribution in [0.25, 0.3) is 0 Å². The van der Waals surface area contributed by atoms with Crippen LogP contribution in [-0.2, 0) is 14.8 Å². The Kier molecular flexibility index (Phi) is 5.99. The highest BCUT2D eigenvalue weighted by molar-refractivity contribution is 7.89. The highest BCUT2D eigenvalue weighted by Gasteiger charge is 2.46. The lowest BCUT2D eigenvalue weighted by atomic mass is 9.89. The molecular formula is C20H29ClN2O4S. The van der Waals surface area contributed by atoms with E-state index in [1.807, 2.05) is 20.8 Å². The number of nitrogens with zero attached hydrogens (tertiary/aromatic N) is 2. The van der Waals surface area contributed by atoms with Gasteiger partial charge in [0.1, 0.15) is 5.60 Å². The molecule has 3 atom stereocenters. The van der Waals surface area contributed by atoms with Crippen LogP contribution < -0.4 is 0 Å². The van der Waals surface area contributed by atoms with E-state index in [2.05, 4.69) is 0 Å². The van der Waals surface area contributed by atoms with Gasteiger partial charge in [-0.2, -0.15) is 4.31 Å². The number of carbonyl (C=O) groups is 1. The van der Waals surface area contributed by atoms with Gasteiger partial charge < -0.3 is 9.64 Å². The van der Waals surface area contributed by atoms with Crippen LogP contribution in [-0.4, -0.2) is 55.0 Å². The predicted octanol–water partition coefficient (Wildman–Crippen LogP) is 4.14. The molecule has 1 aliphatic carbocycles. The highest BCUT2D eigenvalue weighted by Crippen LogP contribution is 2.39. The monoisotopic (exact) mass is 428 g/mol. The third-order valence-corrected chi connectivity index (χ3v) is 7.78. The molecular weight excluding hydrogens is 400 g/mol. The van der Waals surface area contributed by atoms with Crippen LogP contribution in [0.5, 0.6) is 0 Å². The minimum Gasteiger partial charge on any atom is -0.444 e. The predicted molar refractivity (Wildman–Crippen MR) is 109 cm³/mol. The first-order valence-corrected chi connectivity index (χ1v) is 11.5. The van der Waals surface area contributed by atoms with Crippen LogP contribution in [0.15, 0.2) is 29.2 Å². The normalized spacial score (nSPS) is 26.0. The van der Waals surface area contributed by atoms with E-state index >= 15 is 0 Å². The first-order chi connectivity index (χ1) is 13.0. The fraction of sp³-hybridized carbons (Fsp3) is 0.650. The average molecular weight is 429 g/mol. The number of piperidine rings is 1. The van der Waals surface area contributed by atoms with Crippen LogP contribution in [0.3, 0.4) is 0 Å². The number of hydrogen-bond donors (Lipinski definition) is 0. The van der Waals surface area contributed by atoms with Gasteiger partial charge in [0.15, 0.2) is 0 Å². The topological polar surface area (TPSA) is 66.9 Å². The van der Waals surface area contributed by atoms with E-state index in [-0.39, 0.29) is 29.0 Å². The summed E-state index contributed by atoms with van der Waals surface area (Å²) in [4.78, 5) is 14.5. The number of hydrogen-bond acceptors (Lipinski definition) is 4. The van der Waals surface area contributed by atoms with Gasteiger partial charge >= 0.3 is 6.09 Å². The number of ether oxygens (including phenoxy) is 1. The van der Waals surface area contributed by atoms with E-state index in [4.69, 9.17) is 16.3 Å². The molecule has 2 saturated heterocycles. The van der Waals surface area contributed by atoms with Gasteiger partial charge in [-0.1, -0.05) is 18.0 Å². The maximum absolute atomic E-state index is 13.2. The molecule has 156 valence electrons. The minimum atomic E-state index is -3.59. The number of benzene rings is 1. The number of sulfonamides is 1. The summed E-state index contributed by atoms with van der Waals surface area (Å²) in [6.45, 7) is 5.96. The molecule has 0 spiro atoms. The Morgan fingerprint density at radius 1 is 1.21 bits per heavy atom. The SMILES string of the molecule is CN(C(=O)OC(C)(C)C)C1CC2CCCC1CN2S(=O)(=O)c1ccc(Cl)cc1. The van der Waals surface area contributed by atoms with E-state index < -0.39 is 15.6 Å². The van der Waals surface area contributed by atoms with Gasteiger partial charge in [0.2, 0.25) is 10.0 Å². The van der Waals surface area contributed by atoms with Crippen molar-refractivity contribution in [1.82, 2.24) is 9.21 Å². The van der Waals surface area contributed by atoms with Crippen molar-refractivity contribution in [2.45, 2.75) is 69.0 Å². The zero-order valence-corrected chi connectivity index (χ0v) is 18.5. The van der Waals surface area contributed by atoms with Gasteiger partial charge in [0.25, 0.3) is 0 Å². The van der Waals surface area contributed by atoms with E-state index in [1.54, 1.807) is 40.5 Å². The second kappa shape index (κ2) is 7.84. The first-order valence-electron chi connectivity index (χ1n) is 9.72. The maximum Gasteiger partial charge on any atom is 0.410 e. The summed E-state index contributed by atoms with van der Waals surface area (Å²) in [7, 11) is -1.83. The zero-order chi connectivity index (χ0) is 20.7. The van der Waals surface area contributed by atoms with Crippen molar-refractivity contribution in [2.75, 3.05) is 13.6 Å². The van der Waals surface area contributed by atoms with Crippen molar-refractivity contribution in [3.63, 3.8) is 0 Å². The molecule has 1 aromatic carbocycles. The number of rotatable bonds is 3. The summed E-state index contributed by atoms with van der Waals surface area (Å²) in [5.74, 6) is 0.0957. The Bertz CT molecular complexity index is 820. The Morgan fingerprint density at radius 3 is 2.46 bits per heavy atom. The first kappa shape index (κ1) is 21.4. The van der Waals surface area contributed by atoms with E-state index in [0.717, 1.165) is 19.3 Å². The zero-order valence-electron chi connectivity index (χ0n) is 16.9. The molecule has 2 bridgehead atoms. The largest absolute Gasteiger partial charge is 0.444 e. The van der Waals surface area contributed by atoms with Gasteiger partial charge in [0.05, 0.1) is 4.90 Å². The smallest absolute Gasteiger partial charge is 0.410 e. The molecule has 6 nitrogen and oxygen atoms in total. The number of carbonyl (C=O) groups excluding carboxylic acids is 1. The summed E-state index contributed by atoms with van der Waals surface area (Å²) in [5, 5.41) is 0.510. The lowest BCUT2D eigenvalue weighted by molar-refractivity contribution is 0.00665. The van der Waals surface area contributed by atoms with Crippen LogP contribution >= 0.6 is 11.6 Å². The Morgan fingerprint density at radius 2 is 1.86 bits per heavy atom. The Balaban J connectivity index is 1.80. The molecule has 3 aliphatic rings. The maximum atomic E-state index is 13.2. The van der Waals surface area contributed by atoms with Crippen molar-refractivity contribution in [3.8, 4) is 0 Å². The van der Waals surface area contributed by atoms with E-state index in [0.29, 0.717) is 18.0 Å². The molecule has 28 heavy (non-hydrogen) atoms. The summed E-state index contributed by atoms with van der Waals surface area (Å²) >= 11 is 5.91. The minimum absolute atomic E-state index is 0.0148. The fourth-order valence-electron chi connectivity index (χ4n) is 4.23. The highest BCUT2D eigenvalue weighted by atomic mass is 35.5. The van der Waals surface area contributed by atoms with E-state index in [1.165, 1.54) is 0 Å². The van der Waals surface area contributed by atoms with Gasteiger partial charge in [-0.05, 0) is 70.2 Å². The molecule has 2 heterocycles. The van der Waals surface area contributed by atoms with Gasteiger partial charge in [0, 0.05) is 30.7 Å². The quantitative estimate of drug-likeness (QED) is 0.725. The molecule has 1 saturated carbocycles. The van der Waals surface area contributed by atoms with Crippen LogP contribution in [0.4, 0.5) is 4.79 Å². The van der Waals surface area contributed by atoms with E-state index in [9.17, 15) is 13.2 Å². The molecule has 3 fully saturated rings. The Labute approximate surface area is 172 Å². The lowest BCUT2D eigenvalue weighted by Gasteiger charge is -2.44. The Hall–Kier alpha value is -1.31. The summed E-state index contributed by atoms with van der Waals surface area (Å²) < 4.78 is 33.6. The molecule has 1 amide bonds. The van der Waals surface area contributed by atoms with Crippen molar-refractivity contribution >= 4 is 27.7 Å². The summed E-state index contributed by atoms with van der Waals surface area (Å²) in [6.07, 6.45) is 2.95. The number of amides is 1. The third kappa shape index (κ3) is 4.47. The van der Waals surface area contributed by atoms with Crippen LogP contribution in [0, 0.1) is 5.92 Å². The molecule has 3 unspecified atom stereocenters. The summed E-state index contributed by atoms with van der Waals surface area (Å²) in [6, 6.07) is 6.18. The average Bonchev–Trinajstić information content (AvgIpc) is 2.93. The fourth-order valence-corrected chi connectivity index (χ4v) is 6.08. The molecule has 4 rings (SSSR count). The molecule has 0 radical (unpaired) electrons. The van der Waals surface area contributed by atoms with Crippen molar-refractivity contribution in [3.05, 3.63) is 29.3 Å². The molecule has 0 aromatic heterocycles. The lowest BCUT2D eigenvalue weighted by Crippen LogP contribution is -2.55. The van der Waals surface area contributed by atoms with Crippen molar-refractivity contribution in [2.24, 2.45) is 5.92 Å². The number of fused-ring (bicyclic) bond motifs is 4. The van der Waals surface area contributed by atoms with Gasteiger partial charge in [-0.25, -0.2) is 13.2 Å². The molecule has 1 aromatic rings. The third-order valence-electron chi connectivity index (χ3n) is 5.59. The number of halogens is 1. The van der Waals surface area contributed by atoms with Crippen molar-refractivity contribution in [1.29, 1.82) is 0 Å². The molecule has 0 N–H and O–H groups in total. The van der Waals surface area contributed by atoms with Crippen molar-refractivity contribution < 1.29 is 17.9 Å². The van der Waals surface area contributed by atoms with Gasteiger partial charge in [-0.15, -0.1) is 0 Å². The second-order valence-corrected chi connectivity index (χ2v) is 11.1. The molecule has 8 heteroatoms. The standard InChI is InChI=1S/C20H29ClN2O4S/c1-20(2,3)27-19(24)22(4)18-12-16-7-5-6-14(18)13-23(16)28(25,26)17-10-8-15(21)9-11-17/h8-11,14,16,18H,5-7,12-13H2,1-4H3. The van der Waals surface area contributed by atoms with Gasteiger partial charge in [-0.3, -0.25) is 0 Å². The van der Waals surface area contributed by atoms with Crippen LogP contribution in [0.1, 0.15) is 46.5 Å². The second-order valence-electron chi connectivity index (χ2n) is 8.77. The molecule has 2 aliphatic heterocycles. The van der Waals surface area contributed by atoms with Crippen LogP contribution in [0.2, 0.25) is 5.02 Å². The summed E-state index contributed by atoms with van der Waals surface area (Å²) in [5.41, 5.74) is -0.557.